The molecule has 0 amide bonds. The maximum Gasteiger partial charge on any atom is 0.316 e. The van der Waals surface area contributed by atoms with E-state index in [0.29, 0.717) is 27.9 Å². The van der Waals surface area contributed by atoms with E-state index in [2.05, 4.69) is 10.2 Å². The van der Waals surface area contributed by atoms with Gasteiger partial charge in [-0.05, 0) is 55.5 Å². The van der Waals surface area contributed by atoms with Crippen molar-refractivity contribution in [3.05, 3.63) is 90.2 Å². The molecule has 0 aliphatic carbocycles. The number of esters is 1. The molecule has 3 aromatic carbocycles. The van der Waals surface area contributed by atoms with Gasteiger partial charge in [0.1, 0.15) is 24.8 Å². The van der Waals surface area contributed by atoms with E-state index in [-0.39, 0.29) is 30.6 Å². The zero-order valence-electron chi connectivity index (χ0n) is 18.9. The molecular formula is C26H22FN3O4S. The van der Waals surface area contributed by atoms with Gasteiger partial charge in [-0.2, -0.15) is 0 Å². The van der Waals surface area contributed by atoms with E-state index in [1.165, 1.54) is 30.8 Å². The minimum absolute atomic E-state index is 0.0123. The quantitative estimate of drug-likeness (QED) is 0.134. The van der Waals surface area contributed by atoms with Crippen molar-refractivity contribution in [2.75, 3.05) is 19.0 Å². The van der Waals surface area contributed by atoms with Gasteiger partial charge in [-0.3, -0.25) is 14.2 Å². The third-order valence-electron chi connectivity index (χ3n) is 4.94. The first-order valence-corrected chi connectivity index (χ1v) is 11.8. The molecule has 0 saturated carbocycles. The van der Waals surface area contributed by atoms with E-state index in [0.717, 1.165) is 5.69 Å². The maximum absolute atomic E-state index is 13.4. The van der Waals surface area contributed by atoms with Gasteiger partial charge in [0.25, 0.3) is 0 Å². The number of ketones is 1. The lowest BCUT2D eigenvalue weighted by Crippen LogP contribution is -2.15. The minimum atomic E-state index is -0.440. The van der Waals surface area contributed by atoms with E-state index < -0.39 is 5.97 Å². The van der Waals surface area contributed by atoms with Gasteiger partial charge in [-0.15, -0.1) is 10.2 Å². The van der Waals surface area contributed by atoms with Gasteiger partial charge in [0.2, 0.25) is 0 Å². The molecule has 0 fully saturated rings. The predicted octanol–water partition coefficient (Wildman–Crippen LogP) is 4.99. The van der Waals surface area contributed by atoms with Crippen LogP contribution in [0.25, 0.3) is 17.1 Å². The fourth-order valence-electron chi connectivity index (χ4n) is 3.31. The van der Waals surface area contributed by atoms with Crippen LogP contribution >= 0.6 is 11.8 Å². The molecule has 1 heterocycles. The Morgan fingerprint density at radius 3 is 2.37 bits per heavy atom. The van der Waals surface area contributed by atoms with Crippen molar-refractivity contribution in [3.8, 4) is 22.8 Å². The Kier molecular flexibility index (Phi) is 7.89. The van der Waals surface area contributed by atoms with Crippen molar-refractivity contribution in [1.29, 1.82) is 0 Å². The lowest BCUT2D eigenvalue weighted by Gasteiger charge is -2.11. The molecule has 7 nitrogen and oxygen atoms in total. The van der Waals surface area contributed by atoms with Gasteiger partial charge in [0.05, 0.1) is 11.3 Å². The molecule has 0 saturated heterocycles. The van der Waals surface area contributed by atoms with E-state index in [1.54, 1.807) is 36.4 Å². The molecule has 0 N–H and O–H groups in total. The normalized spacial score (nSPS) is 10.7. The third-order valence-corrected chi connectivity index (χ3v) is 5.84. The number of para-hydroxylation sites is 2. The highest BCUT2D eigenvalue weighted by Crippen LogP contribution is 2.28. The van der Waals surface area contributed by atoms with Gasteiger partial charge in [-0.25, -0.2) is 4.39 Å². The summed E-state index contributed by atoms with van der Waals surface area (Å²) in [5.41, 5.74) is 1.98. The van der Waals surface area contributed by atoms with Gasteiger partial charge in [0, 0.05) is 11.3 Å². The molecule has 0 spiro atoms. The van der Waals surface area contributed by atoms with E-state index in [9.17, 15) is 14.0 Å². The Bertz CT molecular complexity index is 1310. The maximum atomic E-state index is 13.4. The number of ether oxygens (including phenoxy) is 2. The lowest BCUT2D eigenvalue weighted by atomic mass is 10.1. The molecule has 0 aliphatic heterocycles. The van der Waals surface area contributed by atoms with Crippen LogP contribution in [0, 0.1) is 5.82 Å². The Balaban J connectivity index is 1.38. The molecule has 0 bridgehead atoms. The standard InChI is InChI=1S/C26H22FN3O4S/c1-18(31)22-9-5-6-10-23(22)33-15-16-34-24(32)17-35-26-29-28-25(19-11-13-20(27)14-12-19)30(26)21-7-3-2-4-8-21/h2-14H,15-17H2,1H3. The molecule has 9 heteroatoms. The fraction of sp³-hybridized carbons (Fsp3) is 0.154. The van der Waals surface area contributed by atoms with Crippen molar-refractivity contribution in [3.63, 3.8) is 0 Å². The molecule has 4 rings (SSSR count). The number of thioether (sulfide) groups is 1. The molecule has 178 valence electrons. The number of aromatic nitrogens is 3. The molecule has 35 heavy (non-hydrogen) atoms. The van der Waals surface area contributed by atoms with Gasteiger partial charge in [0.15, 0.2) is 16.8 Å². The number of rotatable bonds is 10. The Morgan fingerprint density at radius 1 is 0.914 bits per heavy atom. The summed E-state index contributed by atoms with van der Waals surface area (Å²) in [5.74, 6) is 0.115. The molecule has 0 radical (unpaired) electrons. The molecule has 4 aromatic rings. The average Bonchev–Trinajstić information content (AvgIpc) is 3.30. The highest BCUT2D eigenvalue weighted by Gasteiger charge is 2.18. The number of halogens is 1. The van der Waals surface area contributed by atoms with Crippen LogP contribution in [0.5, 0.6) is 5.75 Å². The minimum Gasteiger partial charge on any atom is -0.489 e. The fourth-order valence-corrected chi connectivity index (χ4v) is 4.06. The summed E-state index contributed by atoms with van der Waals surface area (Å²) >= 11 is 1.18. The van der Waals surface area contributed by atoms with E-state index in [4.69, 9.17) is 9.47 Å². The summed E-state index contributed by atoms with van der Waals surface area (Å²) < 4.78 is 26.1. The first kappa shape index (κ1) is 24.2. The number of nitrogens with zero attached hydrogens (tertiary/aromatic N) is 3. The number of carbonyl (C=O) groups is 2. The van der Waals surface area contributed by atoms with Crippen LogP contribution in [0.15, 0.2) is 84.0 Å². The van der Waals surface area contributed by atoms with Gasteiger partial charge < -0.3 is 9.47 Å². The molecule has 0 aliphatic rings. The Morgan fingerprint density at radius 2 is 1.63 bits per heavy atom. The second kappa shape index (κ2) is 11.4. The first-order valence-electron chi connectivity index (χ1n) is 10.8. The molecule has 1 aromatic heterocycles. The monoisotopic (exact) mass is 491 g/mol. The third kappa shape index (κ3) is 6.13. The van der Waals surface area contributed by atoms with Crippen LogP contribution in [-0.4, -0.2) is 45.5 Å². The zero-order chi connectivity index (χ0) is 24.6. The summed E-state index contributed by atoms with van der Waals surface area (Å²) in [6.07, 6.45) is 0. The zero-order valence-corrected chi connectivity index (χ0v) is 19.7. The highest BCUT2D eigenvalue weighted by molar-refractivity contribution is 7.99. The predicted molar refractivity (Wildman–Crippen MR) is 130 cm³/mol. The topological polar surface area (TPSA) is 83.3 Å². The van der Waals surface area contributed by atoms with Crippen molar-refractivity contribution in [1.82, 2.24) is 14.8 Å². The number of hydrogen-bond acceptors (Lipinski definition) is 7. The molecule has 0 unspecified atom stereocenters. The van der Waals surface area contributed by atoms with Crippen LogP contribution in [0.1, 0.15) is 17.3 Å². The van der Waals surface area contributed by atoms with E-state index in [1.807, 2.05) is 34.9 Å². The van der Waals surface area contributed by atoms with Crippen LogP contribution < -0.4 is 4.74 Å². The molecule has 0 atom stereocenters. The van der Waals surface area contributed by atoms with Crippen LogP contribution in [0.2, 0.25) is 0 Å². The Hall–Kier alpha value is -3.98. The second-order valence-electron chi connectivity index (χ2n) is 7.39. The largest absolute Gasteiger partial charge is 0.489 e. The number of hydrogen-bond donors (Lipinski definition) is 0. The summed E-state index contributed by atoms with van der Waals surface area (Å²) in [6.45, 7) is 1.63. The van der Waals surface area contributed by atoms with Crippen LogP contribution in [0.3, 0.4) is 0 Å². The highest BCUT2D eigenvalue weighted by atomic mass is 32.2. The number of carbonyl (C=O) groups excluding carboxylic acids is 2. The number of benzene rings is 3. The van der Waals surface area contributed by atoms with Crippen LogP contribution in [-0.2, 0) is 9.53 Å². The molecular weight excluding hydrogens is 469 g/mol. The van der Waals surface area contributed by atoms with Crippen molar-refractivity contribution in [2.24, 2.45) is 0 Å². The first-order chi connectivity index (χ1) is 17.0. The van der Waals surface area contributed by atoms with Gasteiger partial charge in [-0.1, -0.05) is 42.1 Å². The summed E-state index contributed by atoms with van der Waals surface area (Å²) in [5, 5.41) is 9.01. The van der Waals surface area contributed by atoms with Crippen LogP contribution in [0.4, 0.5) is 4.39 Å². The van der Waals surface area contributed by atoms with Gasteiger partial charge >= 0.3 is 5.97 Å². The van der Waals surface area contributed by atoms with E-state index >= 15 is 0 Å². The lowest BCUT2D eigenvalue weighted by molar-refractivity contribution is -0.141. The smallest absolute Gasteiger partial charge is 0.316 e. The average molecular weight is 492 g/mol. The van der Waals surface area contributed by atoms with Crippen molar-refractivity contribution < 1.29 is 23.5 Å². The van der Waals surface area contributed by atoms with Crippen molar-refractivity contribution >= 4 is 23.5 Å². The Labute approximate surface area is 205 Å². The number of Topliss-reactive ketones (excluding diaryl/α,β-unsaturated/α-hetero) is 1. The summed E-state index contributed by atoms with van der Waals surface area (Å²) in [6, 6.07) is 22.4. The summed E-state index contributed by atoms with van der Waals surface area (Å²) in [7, 11) is 0. The summed E-state index contributed by atoms with van der Waals surface area (Å²) in [4.78, 5) is 24.0. The SMILES string of the molecule is CC(=O)c1ccccc1OCCOC(=O)CSc1nnc(-c2ccc(F)cc2)n1-c1ccccc1. The van der Waals surface area contributed by atoms with Crippen molar-refractivity contribution in [2.45, 2.75) is 12.1 Å². The second-order valence-corrected chi connectivity index (χ2v) is 8.34.